The summed E-state index contributed by atoms with van der Waals surface area (Å²) in [6, 6.07) is 8.88. The Labute approximate surface area is 179 Å². The number of amides is 1. The second-order valence-corrected chi connectivity index (χ2v) is 10.1. The van der Waals surface area contributed by atoms with Gasteiger partial charge in [-0.3, -0.25) is 9.10 Å². The molecule has 0 N–H and O–H groups in total. The van der Waals surface area contributed by atoms with Crippen LogP contribution in [0.1, 0.15) is 36.0 Å². The van der Waals surface area contributed by atoms with E-state index in [1.54, 1.807) is 23.3 Å². The Kier molecular flexibility index (Phi) is 5.61. The SMILES string of the molecule is CCN(c1cccc(C)c1)S(=O)(=O)c1cc(-c2nnc(C(=O)N3CCCC3)o2)cs1. The van der Waals surface area contributed by atoms with Crippen molar-refractivity contribution >= 4 is 33.0 Å². The van der Waals surface area contributed by atoms with Crippen LogP contribution in [0.3, 0.4) is 0 Å². The minimum Gasteiger partial charge on any atom is -0.412 e. The molecule has 10 heteroatoms. The summed E-state index contributed by atoms with van der Waals surface area (Å²) in [7, 11) is -3.74. The van der Waals surface area contributed by atoms with Crippen LogP contribution in [0.25, 0.3) is 11.5 Å². The molecular formula is C20H22N4O4S2. The molecule has 4 rings (SSSR count). The van der Waals surface area contributed by atoms with Crippen LogP contribution in [0.5, 0.6) is 0 Å². The Morgan fingerprint density at radius 2 is 2.00 bits per heavy atom. The van der Waals surface area contributed by atoms with Gasteiger partial charge in [-0.1, -0.05) is 12.1 Å². The zero-order valence-corrected chi connectivity index (χ0v) is 18.4. The molecule has 1 aromatic carbocycles. The Bertz CT molecular complexity index is 1160. The number of anilines is 1. The van der Waals surface area contributed by atoms with E-state index in [1.165, 1.54) is 10.4 Å². The zero-order valence-electron chi connectivity index (χ0n) is 16.7. The summed E-state index contributed by atoms with van der Waals surface area (Å²) >= 11 is 1.08. The van der Waals surface area contributed by atoms with Gasteiger partial charge in [-0.25, -0.2) is 8.42 Å². The highest BCUT2D eigenvalue weighted by atomic mass is 32.2. The average molecular weight is 447 g/mol. The van der Waals surface area contributed by atoms with Crippen LogP contribution >= 0.6 is 11.3 Å². The predicted molar refractivity (Wildman–Crippen MR) is 114 cm³/mol. The van der Waals surface area contributed by atoms with Crippen LogP contribution in [0, 0.1) is 6.92 Å². The maximum atomic E-state index is 13.2. The van der Waals surface area contributed by atoms with E-state index in [0.29, 0.717) is 30.9 Å². The molecule has 30 heavy (non-hydrogen) atoms. The number of nitrogens with zero attached hydrogens (tertiary/aromatic N) is 4. The first-order valence-electron chi connectivity index (χ1n) is 9.71. The van der Waals surface area contributed by atoms with Crippen molar-refractivity contribution in [2.45, 2.75) is 30.9 Å². The molecule has 0 unspecified atom stereocenters. The number of thiophene rings is 1. The molecule has 8 nitrogen and oxygen atoms in total. The first kappa shape index (κ1) is 20.5. The van der Waals surface area contributed by atoms with E-state index in [1.807, 2.05) is 25.1 Å². The molecule has 1 aliphatic rings. The monoisotopic (exact) mass is 446 g/mol. The predicted octanol–water partition coefficient (Wildman–Crippen LogP) is 3.56. The van der Waals surface area contributed by atoms with E-state index >= 15 is 0 Å². The van der Waals surface area contributed by atoms with Crippen LogP contribution in [-0.4, -0.2) is 49.1 Å². The highest BCUT2D eigenvalue weighted by Crippen LogP contribution is 2.32. The molecule has 0 aliphatic carbocycles. The summed E-state index contributed by atoms with van der Waals surface area (Å²) in [5.74, 6) is -0.225. The van der Waals surface area contributed by atoms with E-state index in [4.69, 9.17) is 4.42 Å². The lowest BCUT2D eigenvalue weighted by Gasteiger charge is -2.22. The molecule has 0 atom stereocenters. The van der Waals surface area contributed by atoms with Crippen molar-refractivity contribution in [2.75, 3.05) is 23.9 Å². The lowest BCUT2D eigenvalue weighted by atomic mass is 10.2. The number of carbonyl (C=O) groups is 1. The molecule has 3 aromatic rings. The lowest BCUT2D eigenvalue weighted by molar-refractivity contribution is 0.0754. The summed E-state index contributed by atoms with van der Waals surface area (Å²) in [5.41, 5.74) is 2.07. The third-order valence-electron chi connectivity index (χ3n) is 4.94. The molecule has 1 fully saturated rings. The second kappa shape index (κ2) is 8.19. The van der Waals surface area contributed by atoms with Crippen molar-refractivity contribution in [3.63, 3.8) is 0 Å². The van der Waals surface area contributed by atoms with E-state index in [2.05, 4.69) is 10.2 Å². The largest absolute Gasteiger partial charge is 0.412 e. The third-order valence-corrected chi connectivity index (χ3v) is 8.26. The average Bonchev–Trinajstić information content (AvgIpc) is 3.49. The fraction of sp³-hybridized carbons (Fsp3) is 0.350. The van der Waals surface area contributed by atoms with E-state index in [-0.39, 0.29) is 21.9 Å². The van der Waals surface area contributed by atoms with Gasteiger partial charge >= 0.3 is 11.8 Å². The lowest BCUT2D eigenvalue weighted by Crippen LogP contribution is -2.30. The van der Waals surface area contributed by atoms with Crippen LogP contribution in [0.4, 0.5) is 5.69 Å². The van der Waals surface area contributed by atoms with Crippen molar-refractivity contribution in [1.29, 1.82) is 0 Å². The molecule has 3 heterocycles. The summed E-state index contributed by atoms with van der Waals surface area (Å²) in [4.78, 5) is 14.1. The van der Waals surface area contributed by atoms with Gasteiger partial charge in [-0.2, -0.15) is 0 Å². The number of carbonyl (C=O) groups excluding carboxylic acids is 1. The summed E-state index contributed by atoms with van der Waals surface area (Å²) < 4.78 is 33.5. The molecule has 1 saturated heterocycles. The molecule has 1 amide bonds. The summed E-state index contributed by atoms with van der Waals surface area (Å²) in [6.45, 7) is 5.38. The fourth-order valence-electron chi connectivity index (χ4n) is 3.43. The maximum absolute atomic E-state index is 13.2. The number of hydrogen-bond donors (Lipinski definition) is 0. The molecule has 158 valence electrons. The van der Waals surface area contributed by atoms with Crippen molar-refractivity contribution < 1.29 is 17.6 Å². The van der Waals surface area contributed by atoms with Crippen LogP contribution in [-0.2, 0) is 10.0 Å². The Morgan fingerprint density at radius 3 is 2.70 bits per heavy atom. The minimum absolute atomic E-state index is 0.0718. The Morgan fingerprint density at radius 1 is 1.23 bits per heavy atom. The normalized spacial score (nSPS) is 14.3. The number of benzene rings is 1. The zero-order chi connectivity index (χ0) is 21.3. The van der Waals surface area contributed by atoms with Crippen molar-refractivity contribution in [3.05, 3.63) is 47.2 Å². The Balaban J connectivity index is 1.59. The van der Waals surface area contributed by atoms with Gasteiger partial charge in [0.2, 0.25) is 5.89 Å². The van der Waals surface area contributed by atoms with Crippen LogP contribution < -0.4 is 4.31 Å². The number of aromatic nitrogens is 2. The van der Waals surface area contributed by atoms with Crippen molar-refractivity contribution in [3.8, 4) is 11.5 Å². The number of likely N-dealkylation sites (tertiary alicyclic amines) is 1. The topological polar surface area (TPSA) is 96.6 Å². The highest BCUT2D eigenvalue weighted by Gasteiger charge is 2.28. The highest BCUT2D eigenvalue weighted by molar-refractivity contribution is 7.94. The first-order chi connectivity index (χ1) is 14.4. The number of aryl methyl sites for hydroxylation is 1. The van der Waals surface area contributed by atoms with Gasteiger partial charge in [0.1, 0.15) is 4.21 Å². The molecule has 0 saturated carbocycles. The Hall–Kier alpha value is -2.72. The van der Waals surface area contributed by atoms with E-state index in [9.17, 15) is 13.2 Å². The second-order valence-electron chi connectivity index (χ2n) is 7.07. The number of sulfonamides is 1. The maximum Gasteiger partial charge on any atom is 0.311 e. The van der Waals surface area contributed by atoms with Gasteiger partial charge in [-0.05, 0) is 50.5 Å². The molecular weight excluding hydrogens is 424 g/mol. The quantitative estimate of drug-likeness (QED) is 0.574. The van der Waals surface area contributed by atoms with Gasteiger partial charge in [0, 0.05) is 25.0 Å². The van der Waals surface area contributed by atoms with Crippen molar-refractivity contribution in [1.82, 2.24) is 15.1 Å². The summed E-state index contributed by atoms with van der Waals surface area (Å²) in [5, 5.41) is 9.44. The van der Waals surface area contributed by atoms with Gasteiger partial charge in [0.05, 0.1) is 11.3 Å². The smallest absolute Gasteiger partial charge is 0.311 e. The molecule has 0 spiro atoms. The molecule has 0 radical (unpaired) electrons. The third kappa shape index (κ3) is 3.84. The van der Waals surface area contributed by atoms with Gasteiger partial charge in [0.15, 0.2) is 0 Å². The molecule has 2 aromatic heterocycles. The number of rotatable bonds is 6. The van der Waals surface area contributed by atoms with Crippen molar-refractivity contribution in [2.24, 2.45) is 0 Å². The van der Waals surface area contributed by atoms with E-state index in [0.717, 1.165) is 29.7 Å². The van der Waals surface area contributed by atoms with Crippen LogP contribution in [0.2, 0.25) is 0 Å². The molecule has 1 aliphatic heterocycles. The first-order valence-corrected chi connectivity index (χ1v) is 12.0. The van der Waals surface area contributed by atoms with E-state index < -0.39 is 10.0 Å². The minimum atomic E-state index is -3.74. The van der Waals surface area contributed by atoms with Gasteiger partial charge in [0.25, 0.3) is 10.0 Å². The van der Waals surface area contributed by atoms with Gasteiger partial charge in [-0.15, -0.1) is 21.5 Å². The number of hydrogen-bond acceptors (Lipinski definition) is 7. The fourth-order valence-corrected chi connectivity index (χ4v) is 6.16. The standard InChI is InChI=1S/C20H22N4O4S2/c1-3-24(16-8-6-7-14(2)11-16)30(26,27)17-12-15(13-29-17)18-21-22-19(28-18)20(25)23-9-4-5-10-23/h6-8,11-13H,3-5,9-10H2,1-2H3. The van der Waals surface area contributed by atoms with Crippen LogP contribution in [0.15, 0.2) is 44.3 Å². The molecule has 0 bridgehead atoms. The summed E-state index contributed by atoms with van der Waals surface area (Å²) in [6.07, 6.45) is 1.93. The van der Waals surface area contributed by atoms with Gasteiger partial charge < -0.3 is 9.32 Å².